The fraction of sp³-hybridized carbons (Fsp3) is 0.625. The molecule has 0 unspecified atom stereocenters. The van der Waals surface area contributed by atoms with Crippen LogP contribution in [0, 0.1) is 0 Å². The molecular weight excluding hydrogens is 298 g/mol. The van der Waals surface area contributed by atoms with Crippen molar-refractivity contribution >= 4 is 20.4 Å². The molecule has 0 saturated carbocycles. The highest BCUT2D eigenvalue weighted by atomic mass is 28.4. The molecular formula is C16H29NO4Si. The molecule has 5 nitrogen and oxygen atoms in total. The van der Waals surface area contributed by atoms with Crippen molar-refractivity contribution in [3.63, 3.8) is 0 Å². The van der Waals surface area contributed by atoms with Gasteiger partial charge in [-0.05, 0) is 46.7 Å². The number of amides is 2. The molecule has 0 aromatic carbocycles. The molecule has 0 aromatic heterocycles. The summed E-state index contributed by atoms with van der Waals surface area (Å²) in [4.78, 5) is 25.4. The Kier molecular flexibility index (Phi) is 9.16. The monoisotopic (exact) mass is 327 g/mol. The lowest BCUT2D eigenvalue weighted by molar-refractivity contribution is -0.140. The number of carbonyl (C=O) groups is 2. The van der Waals surface area contributed by atoms with E-state index in [0.29, 0.717) is 37.3 Å². The SMILES string of the molecule is C=C(C)C(=O)N(CCC[Si](C)(OCC)OCC)C(=O)C(=C)C. The van der Waals surface area contributed by atoms with Gasteiger partial charge in [0.25, 0.3) is 11.8 Å². The molecule has 0 heterocycles. The zero-order valence-electron chi connectivity index (χ0n) is 14.5. The fourth-order valence-corrected chi connectivity index (χ4v) is 4.50. The highest BCUT2D eigenvalue weighted by Gasteiger charge is 2.31. The average molecular weight is 327 g/mol. The first-order valence-corrected chi connectivity index (χ1v) is 10.2. The van der Waals surface area contributed by atoms with Crippen molar-refractivity contribution in [1.29, 1.82) is 0 Å². The van der Waals surface area contributed by atoms with Crippen LogP contribution in [-0.2, 0) is 18.4 Å². The largest absolute Gasteiger partial charge is 0.395 e. The summed E-state index contributed by atoms with van der Waals surface area (Å²) in [7, 11) is -2.23. The molecule has 6 heteroatoms. The summed E-state index contributed by atoms with van der Waals surface area (Å²) in [5.74, 6) is -0.714. The Balaban J connectivity index is 4.82. The van der Waals surface area contributed by atoms with Crippen molar-refractivity contribution in [2.24, 2.45) is 0 Å². The molecule has 0 atom stereocenters. The van der Waals surface area contributed by atoms with Gasteiger partial charge in [-0.15, -0.1) is 0 Å². The summed E-state index contributed by atoms with van der Waals surface area (Å²) in [6.45, 7) is 17.8. The minimum atomic E-state index is -2.23. The van der Waals surface area contributed by atoms with Gasteiger partial charge in [-0.1, -0.05) is 13.2 Å². The Morgan fingerprint density at radius 2 is 1.41 bits per heavy atom. The van der Waals surface area contributed by atoms with Crippen LogP contribution < -0.4 is 0 Å². The molecule has 2 amide bonds. The third kappa shape index (κ3) is 6.68. The minimum absolute atomic E-state index is 0.320. The van der Waals surface area contributed by atoms with Gasteiger partial charge in [0.05, 0.1) is 0 Å². The molecule has 0 saturated heterocycles. The summed E-state index contributed by atoms with van der Waals surface area (Å²) in [6.07, 6.45) is 0.640. The van der Waals surface area contributed by atoms with E-state index >= 15 is 0 Å². The molecule has 0 aliphatic carbocycles. The second-order valence-electron chi connectivity index (χ2n) is 5.43. The molecule has 0 fully saturated rings. The van der Waals surface area contributed by atoms with Gasteiger partial charge in [-0.3, -0.25) is 14.5 Å². The Bertz CT molecular complexity index is 402. The maximum absolute atomic E-state index is 12.1. The lowest BCUT2D eigenvalue weighted by atomic mass is 10.2. The van der Waals surface area contributed by atoms with Crippen molar-refractivity contribution in [3.8, 4) is 0 Å². The normalized spacial score (nSPS) is 11.1. The molecule has 0 N–H and O–H groups in total. The Labute approximate surface area is 135 Å². The summed E-state index contributed by atoms with van der Waals surface area (Å²) in [5, 5.41) is 0. The Morgan fingerprint density at radius 1 is 1.00 bits per heavy atom. The zero-order chi connectivity index (χ0) is 17.3. The van der Waals surface area contributed by atoms with E-state index in [-0.39, 0.29) is 11.8 Å². The number of hydrogen-bond acceptors (Lipinski definition) is 4. The summed E-state index contributed by atoms with van der Waals surface area (Å²) >= 11 is 0. The van der Waals surface area contributed by atoms with E-state index in [0.717, 1.165) is 6.04 Å². The van der Waals surface area contributed by atoms with Crippen LogP contribution in [0.25, 0.3) is 0 Å². The first-order chi connectivity index (χ1) is 10.2. The highest BCUT2D eigenvalue weighted by Crippen LogP contribution is 2.17. The van der Waals surface area contributed by atoms with E-state index in [9.17, 15) is 9.59 Å². The standard InChI is InChI=1S/C16H29NO4Si/c1-8-20-22(7,21-9-2)12-10-11-17(15(18)13(3)4)16(19)14(5)6/h3,5,8-12H2,1-2,4,6-7H3. The van der Waals surface area contributed by atoms with E-state index in [2.05, 4.69) is 13.2 Å². The quantitative estimate of drug-likeness (QED) is 0.457. The second-order valence-corrected chi connectivity index (χ2v) is 8.77. The van der Waals surface area contributed by atoms with Crippen LogP contribution in [0.3, 0.4) is 0 Å². The van der Waals surface area contributed by atoms with Crippen LogP contribution in [0.1, 0.15) is 34.1 Å². The molecule has 0 aromatic rings. The van der Waals surface area contributed by atoms with E-state index in [1.54, 1.807) is 13.8 Å². The highest BCUT2D eigenvalue weighted by molar-refractivity contribution is 6.66. The lowest BCUT2D eigenvalue weighted by Crippen LogP contribution is -2.42. The first-order valence-electron chi connectivity index (χ1n) is 7.63. The van der Waals surface area contributed by atoms with Crippen molar-refractivity contribution < 1.29 is 18.4 Å². The minimum Gasteiger partial charge on any atom is -0.395 e. The van der Waals surface area contributed by atoms with Gasteiger partial charge in [-0.2, -0.15) is 0 Å². The van der Waals surface area contributed by atoms with Crippen LogP contribution >= 0.6 is 0 Å². The molecule has 22 heavy (non-hydrogen) atoms. The summed E-state index contributed by atoms with van der Waals surface area (Å²) in [6, 6.07) is 0.720. The third-order valence-electron chi connectivity index (χ3n) is 3.13. The van der Waals surface area contributed by atoms with Crippen LogP contribution in [0.15, 0.2) is 24.3 Å². The van der Waals surface area contributed by atoms with Crippen molar-refractivity contribution in [2.75, 3.05) is 19.8 Å². The Hall–Kier alpha value is -1.24. The maximum Gasteiger partial charge on any atom is 0.334 e. The van der Waals surface area contributed by atoms with Gasteiger partial charge < -0.3 is 8.85 Å². The third-order valence-corrected chi connectivity index (χ3v) is 6.19. The van der Waals surface area contributed by atoms with Crippen molar-refractivity contribution in [2.45, 2.75) is 46.7 Å². The van der Waals surface area contributed by atoms with Crippen LogP contribution in [-0.4, -0.2) is 45.0 Å². The molecule has 0 aliphatic rings. The van der Waals surface area contributed by atoms with Gasteiger partial charge in [0, 0.05) is 30.9 Å². The predicted molar refractivity (Wildman–Crippen MR) is 90.6 cm³/mol. The summed E-state index contributed by atoms with van der Waals surface area (Å²) < 4.78 is 11.5. The van der Waals surface area contributed by atoms with Crippen molar-refractivity contribution in [1.82, 2.24) is 4.90 Å². The number of imide groups is 1. The number of nitrogens with zero attached hydrogens (tertiary/aromatic N) is 1. The molecule has 0 aliphatic heterocycles. The topological polar surface area (TPSA) is 55.8 Å². The smallest absolute Gasteiger partial charge is 0.334 e. The van der Waals surface area contributed by atoms with Gasteiger partial charge in [0.1, 0.15) is 0 Å². The van der Waals surface area contributed by atoms with Gasteiger partial charge >= 0.3 is 8.56 Å². The van der Waals surface area contributed by atoms with E-state index in [4.69, 9.17) is 8.85 Å². The number of carbonyl (C=O) groups excluding carboxylic acids is 2. The lowest BCUT2D eigenvalue weighted by Gasteiger charge is -2.27. The van der Waals surface area contributed by atoms with Gasteiger partial charge in [-0.25, -0.2) is 0 Å². The molecule has 0 bridgehead atoms. The van der Waals surface area contributed by atoms with Gasteiger partial charge in [0.15, 0.2) is 0 Å². The van der Waals surface area contributed by atoms with E-state index < -0.39 is 8.56 Å². The maximum atomic E-state index is 12.1. The Morgan fingerprint density at radius 3 is 1.73 bits per heavy atom. The van der Waals surface area contributed by atoms with Crippen molar-refractivity contribution in [3.05, 3.63) is 24.3 Å². The molecule has 0 radical (unpaired) electrons. The van der Waals surface area contributed by atoms with E-state index in [1.807, 2.05) is 20.4 Å². The number of hydrogen-bond donors (Lipinski definition) is 0. The molecule has 0 rings (SSSR count). The molecule has 126 valence electrons. The van der Waals surface area contributed by atoms with Crippen LogP contribution in [0.2, 0.25) is 12.6 Å². The zero-order valence-corrected chi connectivity index (χ0v) is 15.5. The van der Waals surface area contributed by atoms with Crippen LogP contribution in [0.5, 0.6) is 0 Å². The summed E-state index contributed by atoms with van der Waals surface area (Å²) in [5.41, 5.74) is 0.674. The fourth-order valence-electron chi connectivity index (χ4n) is 2.11. The predicted octanol–water partition coefficient (Wildman–Crippen LogP) is 3.03. The first kappa shape index (κ1) is 20.8. The number of rotatable bonds is 10. The van der Waals surface area contributed by atoms with Gasteiger partial charge in [0.2, 0.25) is 0 Å². The van der Waals surface area contributed by atoms with E-state index in [1.165, 1.54) is 4.90 Å². The van der Waals surface area contributed by atoms with Crippen LogP contribution in [0.4, 0.5) is 0 Å². The second kappa shape index (κ2) is 9.71. The molecule has 0 spiro atoms. The average Bonchev–Trinajstić information content (AvgIpc) is 2.42.